The maximum absolute atomic E-state index is 11.8. The number of hydrogen-bond donors (Lipinski definition) is 2. The zero-order valence-electron chi connectivity index (χ0n) is 10.7. The van der Waals surface area contributed by atoms with Gasteiger partial charge in [0.1, 0.15) is 0 Å². The van der Waals surface area contributed by atoms with E-state index in [-0.39, 0.29) is 31.3 Å². The van der Waals surface area contributed by atoms with Gasteiger partial charge in [0.05, 0.1) is 12.3 Å². The number of hydrogen-bond acceptors (Lipinski definition) is 4. The second kappa shape index (κ2) is 6.02. The predicted octanol–water partition coefficient (Wildman–Crippen LogP) is -0.342. The van der Waals surface area contributed by atoms with Crippen molar-refractivity contribution in [2.75, 3.05) is 19.6 Å². The van der Waals surface area contributed by atoms with Crippen LogP contribution in [0.3, 0.4) is 0 Å². The summed E-state index contributed by atoms with van der Waals surface area (Å²) in [6.45, 7) is 0.00259. The molecule has 0 saturated carbocycles. The minimum atomic E-state index is -3.48. The molecule has 108 valence electrons. The van der Waals surface area contributed by atoms with Gasteiger partial charge in [-0.15, -0.1) is 0 Å². The van der Waals surface area contributed by atoms with Gasteiger partial charge >= 0.3 is 6.03 Å². The van der Waals surface area contributed by atoms with Crippen molar-refractivity contribution >= 4 is 22.0 Å². The first-order valence-corrected chi connectivity index (χ1v) is 7.72. The normalized spacial score (nSPS) is 15.5. The van der Waals surface area contributed by atoms with Crippen LogP contribution in [-0.2, 0) is 20.6 Å². The van der Waals surface area contributed by atoms with Crippen molar-refractivity contribution in [3.63, 3.8) is 0 Å². The molecule has 1 aliphatic rings. The fourth-order valence-electron chi connectivity index (χ4n) is 1.84. The van der Waals surface area contributed by atoms with Gasteiger partial charge in [0.2, 0.25) is 15.9 Å². The maximum Gasteiger partial charge on any atom is 0.324 e. The van der Waals surface area contributed by atoms with E-state index in [0.29, 0.717) is 5.56 Å². The van der Waals surface area contributed by atoms with Crippen molar-refractivity contribution in [1.82, 2.24) is 14.9 Å². The number of benzene rings is 1. The van der Waals surface area contributed by atoms with Gasteiger partial charge in [-0.2, -0.15) is 0 Å². The van der Waals surface area contributed by atoms with Crippen LogP contribution in [0.25, 0.3) is 0 Å². The maximum atomic E-state index is 11.8. The highest BCUT2D eigenvalue weighted by Gasteiger charge is 2.28. The molecule has 1 heterocycles. The van der Waals surface area contributed by atoms with Crippen molar-refractivity contribution in [3.8, 4) is 0 Å². The van der Waals surface area contributed by atoms with Crippen LogP contribution < -0.4 is 10.0 Å². The first-order valence-electron chi connectivity index (χ1n) is 6.07. The van der Waals surface area contributed by atoms with Gasteiger partial charge in [0, 0.05) is 13.1 Å². The van der Waals surface area contributed by atoms with Gasteiger partial charge in [-0.1, -0.05) is 30.3 Å². The summed E-state index contributed by atoms with van der Waals surface area (Å²) < 4.78 is 26.0. The zero-order chi connectivity index (χ0) is 14.6. The van der Waals surface area contributed by atoms with Crippen molar-refractivity contribution in [3.05, 3.63) is 35.9 Å². The summed E-state index contributed by atoms with van der Waals surface area (Å²) in [5, 5.41) is 2.37. The Labute approximate surface area is 117 Å². The molecule has 0 spiro atoms. The highest BCUT2D eigenvalue weighted by atomic mass is 32.2. The molecular formula is C12H15N3O4S. The summed E-state index contributed by atoms with van der Waals surface area (Å²) >= 11 is 0. The van der Waals surface area contributed by atoms with Crippen LogP contribution >= 0.6 is 0 Å². The molecule has 0 bridgehead atoms. The average Bonchev–Trinajstić information content (AvgIpc) is 2.71. The van der Waals surface area contributed by atoms with E-state index in [1.807, 2.05) is 0 Å². The van der Waals surface area contributed by atoms with Crippen molar-refractivity contribution in [2.45, 2.75) is 5.75 Å². The number of urea groups is 1. The van der Waals surface area contributed by atoms with E-state index in [1.54, 1.807) is 30.3 Å². The van der Waals surface area contributed by atoms with Crippen LogP contribution in [0.1, 0.15) is 5.56 Å². The molecule has 0 atom stereocenters. The van der Waals surface area contributed by atoms with Gasteiger partial charge in [-0.3, -0.25) is 9.69 Å². The van der Waals surface area contributed by atoms with Crippen LogP contribution in [0.5, 0.6) is 0 Å². The smallest absolute Gasteiger partial charge is 0.324 e. The molecule has 1 fully saturated rings. The summed E-state index contributed by atoms with van der Waals surface area (Å²) in [6, 6.07) is 8.28. The Kier molecular flexibility index (Phi) is 4.35. The average molecular weight is 297 g/mol. The molecular weight excluding hydrogens is 282 g/mol. The van der Waals surface area contributed by atoms with Crippen molar-refractivity contribution in [2.24, 2.45) is 0 Å². The summed E-state index contributed by atoms with van der Waals surface area (Å²) in [4.78, 5) is 23.5. The standard InChI is InChI=1S/C12H15N3O4S/c16-11-8-13-12(17)15(11)7-6-14-20(18,19)9-10-4-2-1-3-5-10/h1-5,14H,6-9H2,(H,13,17). The minimum Gasteiger partial charge on any atom is -0.329 e. The topological polar surface area (TPSA) is 95.6 Å². The predicted molar refractivity (Wildman–Crippen MR) is 72.2 cm³/mol. The third kappa shape index (κ3) is 3.78. The van der Waals surface area contributed by atoms with E-state index in [1.165, 1.54) is 0 Å². The lowest BCUT2D eigenvalue weighted by Crippen LogP contribution is -2.38. The SMILES string of the molecule is O=C1CNC(=O)N1CCNS(=O)(=O)Cc1ccccc1. The van der Waals surface area contributed by atoms with Crippen molar-refractivity contribution < 1.29 is 18.0 Å². The molecule has 1 aromatic carbocycles. The molecule has 0 aromatic heterocycles. The van der Waals surface area contributed by atoms with Gasteiger partial charge in [-0.25, -0.2) is 17.9 Å². The highest BCUT2D eigenvalue weighted by molar-refractivity contribution is 7.88. The zero-order valence-corrected chi connectivity index (χ0v) is 11.5. The third-order valence-electron chi connectivity index (χ3n) is 2.79. The van der Waals surface area contributed by atoms with E-state index < -0.39 is 16.1 Å². The molecule has 1 saturated heterocycles. The van der Waals surface area contributed by atoms with E-state index in [2.05, 4.69) is 10.0 Å². The Hall–Kier alpha value is -1.93. The van der Waals surface area contributed by atoms with E-state index in [9.17, 15) is 18.0 Å². The molecule has 0 radical (unpaired) electrons. The van der Waals surface area contributed by atoms with Gasteiger partial charge in [-0.05, 0) is 5.56 Å². The summed E-state index contributed by atoms with van der Waals surface area (Å²) in [5.74, 6) is -0.481. The molecule has 7 nitrogen and oxygen atoms in total. The van der Waals surface area contributed by atoms with Crippen LogP contribution in [0, 0.1) is 0 Å². The number of sulfonamides is 1. The van der Waals surface area contributed by atoms with Gasteiger partial charge < -0.3 is 5.32 Å². The quantitative estimate of drug-likeness (QED) is 0.702. The Morgan fingerprint density at radius 1 is 1.20 bits per heavy atom. The van der Waals surface area contributed by atoms with Gasteiger partial charge in [0.15, 0.2) is 0 Å². The molecule has 20 heavy (non-hydrogen) atoms. The van der Waals surface area contributed by atoms with Crippen LogP contribution in [0.2, 0.25) is 0 Å². The number of amides is 3. The van der Waals surface area contributed by atoms with E-state index in [4.69, 9.17) is 0 Å². The monoisotopic (exact) mass is 297 g/mol. The molecule has 1 aliphatic heterocycles. The largest absolute Gasteiger partial charge is 0.329 e. The van der Waals surface area contributed by atoms with Crippen LogP contribution in [-0.4, -0.2) is 44.9 Å². The number of imide groups is 1. The summed E-state index contributed by atoms with van der Waals surface area (Å²) in [7, 11) is -3.48. The van der Waals surface area contributed by atoms with E-state index >= 15 is 0 Å². The first-order chi connectivity index (χ1) is 9.48. The molecule has 1 aromatic rings. The molecule has 8 heteroatoms. The van der Waals surface area contributed by atoms with Gasteiger partial charge in [0.25, 0.3) is 0 Å². The fraction of sp³-hybridized carbons (Fsp3) is 0.333. The minimum absolute atomic E-state index is 0.00826. The molecule has 2 rings (SSSR count). The lowest BCUT2D eigenvalue weighted by molar-refractivity contribution is -0.124. The molecule has 0 aliphatic carbocycles. The highest BCUT2D eigenvalue weighted by Crippen LogP contribution is 2.04. The number of rotatable bonds is 6. The summed E-state index contributed by atoms with van der Waals surface area (Å²) in [5.41, 5.74) is 0.676. The Morgan fingerprint density at radius 3 is 2.50 bits per heavy atom. The number of carbonyl (C=O) groups excluding carboxylic acids is 2. The second-order valence-corrected chi connectivity index (χ2v) is 6.15. The summed E-state index contributed by atoms with van der Waals surface area (Å²) in [6.07, 6.45) is 0. The molecule has 2 N–H and O–H groups in total. The molecule has 3 amide bonds. The Morgan fingerprint density at radius 2 is 1.90 bits per heavy atom. The fourth-order valence-corrected chi connectivity index (χ4v) is 2.97. The van der Waals surface area contributed by atoms with Crippen LogP contribution in [0.4, 0.5) is 4.79 Å². The number of nitrogens with one attached hydrogen (secondary N) is 2. The van der Waals surface area contributed by atoms with Crippen LogP contribution in [0.15, 0.2) is 30.3 Å². The second-order valence-electron chi connectivity index (χ2n) is 4.34. The number of carbonyl (C=O) groups is 2. The number of nitrogens with zero attached hydrogens (tertiary/aromatic N) is 1. The molecule has 0 unspecified atom stereocenters. The lowest BCUT2D eigenvalue weighted by atomic mass is 10.2. The Bertz CT molecular complexity index is 584. The Balaban J connectivity index is 1.84. The lowest BCUT2D eigenvalue weighted by Gasteiger charge is -2.13. The third-order valence-corrected chi connectivity index (χ3v) is 4.15. The first kappa shape index (κ1) is 14.5. The van der Waals surface area contributed by atoms with E-state index in [0.717, 1.165) is 4.90 Å². The van der Waals surface area contributed by atoms with Crippen molar-refractivity contribution in [1.29, 1.82) is 0 Å².